The molecule has 7 rings (SSSR count). The number of para-hydroxylation sites is 3. The third-order valence-electron chi connectivity index (χ3n) is 8.20. The van der Waals surface area contributed by atoms with Crippen LogP contribution in [0.15, 0.2) is 85.2 Å². The molecule has 2 atom stereocenters. The summed E-state index contributed by atoms with van der Waals surface area (Å²) in [7, 11) is 0. The Bertz CT molecular complexity index is 1630. The van der Waals surface area contributed by atoms with Crippen molar-refractivity contribution < 1.29 is 0 Å². The van der Waals surface area contributed by atoms with E-state index in [0.29, 0.717) is 11.8 Å². The monoisotopic (exact) mass is 457 g/mol. The van der Waals surface area contributed by atoms with Gasteiger partial charge in [-0.2, -0.15) is 0 Å². The van der Waals surface area contributed by atoms with E-state index in [0.717, 1.165) is 0 Å². The summed E-state index contributed by atoms with van der Waals surface area (Å²) >= 11 is 0. The number of benzene rings is 3. The molecule has 0 saturated heterocycles. The zero-order chi connectivity index (χ0) is 23.2. The predicted molar refractivity (Wildman–Crippen MR) is 146 cm³/mol. The van der Waals surface area contributed by atoms with Crippen molar-refractivity contribution in [1.82, 2.24) is 15.0 Å². The second kappa shape index (κ2) is 8.49. The number of fused-ring (bicyclic) bond motifs is 5. The third kappa shape index (κ3) is 3.41. The number of aromatic amines is 3. The molecule has 0 unspecified atom stereocenters. The SMILES string of the molecule is c1ccc2c([C@@H]3CCCCCC[C@H](c4c[nH]c5ccccc45)c4c3[nH]c3ccccc43)c[nH]c2c1. The molecule has 0 aliphatic heterocycles. The van der Waals surface area contributed by atoms with Crippen molar-refractivity contribution in [2.24, 2.45) is 0 Å². The van der Waals surface area contributed by atoms with Crippen molar-refractivity contribution in [1.29, 1.82) is 0 Å². The maximum absolute atomic E-state index is 3.95. The van der Waals surface area contributed by atoms with Gasteiger partial charge in [0.15, 0.2) is 0 Å². The van der Waals surface area contributed by atoms with Crippen LogP contribution in [0.5, 0.6) is 0 Å². The minimum atomic E-state index is 0.347. The second-order valence-electron chi connectivity index (χ2n) is 10.2. The maximum atomic E-state index is 3.95. The largest absolute Gasteiger partial charge is 0.361 e. The molecule has 1 aliphatic rings. The molecule has 3 aromatic heterocycles. The molecule has 3 heteroatoms. The van der Waals surface area contributed by atoms with Gasteiger partial charge in [-0.25, -0.2) is 0 Å². The lowest BCUT2D eigenvalue weighted by atomic mass is 9.79. The van der Waals surface area contributed by atoms with Crippen molar-refractivity contribution >= 4 is 32.7 Å². The number of H-pyrrole nitrogens is 3. The molecule has 174 valence electrons. The van der Waals surface area contributed by atoms with Gasteiger partial charge in [-0.05, 0) is 47.7 Å². The zero-order valence-electron chi connectivity index (χ0n) is 20.0. The van der Waals surface area contributed by atoms with Crippen LogP contribution in [0.2, 0.25) is 0 Å². The first-order valence-electron chi connectivity index (χ1n) is 13.1. The highest BCUT2D eigenvalue weighted by atomic mass is 14.8. The first-order chi connectivity index (χ1) is 17.4. The van der Waals surface area contributed by atoms with Crippen LogP contribution in [0, 0.1) is 0 Å². The molecule has 6 aromatic rings. The van der Waals surface area contributed by atoms with Gasteiger partial charge in [-0.3, -0.25) is 0 Å². The zero-order valence-corrected chi connectivity index (χ0v) is 20.0. The van der Waals surface area contributed by atoms with E-state index >= 15 is 0 Å². The highest BCUT2D eigenvalue weighted by Gasteiger charge is 2.30. The number of nitrogens with one attached hydrogen (secondary N) is 3. The number of hydrogen-bond donors (Lipinski definition) is 3. The van der Waals surface area contributed by atoms with Crippen LogP contribution in [0.4, 0.5) is 0 Å². The molecule has 3 aromatic carbocycles. The van der Waals surface area contributed by atoms with E-state index in [-0.39, 0.29) is 0 Å². The third-order valence-corrected chi connectivity index (χ3v) is 8.20. The van der Waals surface area contributed by atoms with Gasteiger partial charge in [0.2, 0.25) is 0 Å². The smallest absolute Gasteiger partial charge is 0.0459 e. The summed E-state index contributed by atoms with van der Waals surface area (Å²) in [4.78, 5) is 11.1. The fraction of sp³-hybridized carbons (Fsp3) is 0.250. The summed E-state index contributed by atoms with van der Waals surface area (Å²) in [5.41, 5.74) is 9.48. The maximum Gasteiger partial charge on any atom is 0.0459 e. The predicted octanol–water partition coefficient (Wildman–Crippen LogP) is 8.75. The Balaban J connectivity index is 1.50. The molecule has 3 nitrogen and oxygen atoms in total. The average Bonchev–Trinajstić information content (AvgIpc) is 3.62. The van der Waals surface area contributed by atoms with Crippen LogP contribution in [-0.2, 0) is 0 Å². The molecule has 0 saturated carbocycles. The van der Waals surface area contributed by atoms with Crippen LogP contribution in [0.1, 0.15) is 72.7 Å². The quantitative estimate of drug-likeness (QED) is 0.233. The van der Waals surface area contributed by atoms with Crippen LogP contribution < -0.4 is 0 Å². The molecule has 0 amide bonds. The molecule has 3 N–H and O–H groups in total. The first-order valence-corrected chi connectivity index (χ1v) is 13.1. The van der Waals surface area contributed by atoms with E-state index in [1.54, 1.807) is 0 Å². The van der Waals surface area contributed by atoms with E-state index in [9.17, 15) is 0 Å². The highest BCUT2D eigenvalue weighted by Crippen LogP contribution is 2.46. The first kappa shape index (κ1) is 20.6. The van der Waals surface area contributed by atoms with Crippen LogP contribution in [0.25, 0.3) is 32.7 Å². The van der Waals surface area contributed by atoms with Crippen LogP contribution in [0.3, 0.4) is 0 Å². The normalized spacial score (nSPS) is 19.3. The Morgan fingerprint density at radius 3 is 1.69 bits per heavy atom. The lowest BCUT2D eigenvalue weighted by molar-refractivity contribution is 0.535. The lowest BCUT2D eigenvalue weighted by Gasteiger charge is -2.25. The Morgan fingerprint density at radius 1 is 0.514 bits per heavy atom. The molecule has 3 heterocycles. The van der Waals surface area contributed by atoms with Gasteiger partial charge >= 0.3 is 0 Å². The minimum absolute atomic E-state index is 0.347. The second-order valence-corrected chi connectivity index (χ2v) is 10.2. The van der Waals surface area contributed by atoms with Crippen molar-refractivity contribution in [3.05, 3.63) is 108 Å². The molecule has 0 fully saturated rings. The number of rotatable bonds is 2. The van der Waals surface area contributed by atoms with E-state index in [4.69, 9.17) is 0 Å². The van der Waals surface area contributed by atoms with Crippen molar-refractivity contribution in [3.8, 4) is 0 Å². The fourth-order valence-electron chi connectivity index (χ4n) is 6.56. The van der Waals surface area contributed by atoms with Gasteiger partial charge < -0.3 is 15.0 Å². The van der Waals surface area contributed by atoms with Gasteiger partial charge in [0.25, 0.3) is 0 Å². The fourth-order valence-corrected chi connectivity index (χ4v) is 6.56. The van der Waals surface area contributed by atoms with Crippen molar-refractivity contribution in [2.45, 2.75) is 50.4 Å². The van der Waals surface area contributed by atoms with Crippen molar-refractivity contribution in [3.63, 3.8) is 0 Å². The molecular weight excluding hydrogens is 426 g/mol. The van der Waals surface area contributed by atoms with E-state index in [1.807, 2.05) is 0 Å². The summed E-state index contributed by atoms with van der Waals surface area (Å²) in [6, 6.07) is 26.5. The number of hydrogen-bond acceptors (Lipinski definition) is 0. The van der Waals surface area contributed by atoms with Crippen LogP contribution in [-0.4, -0.2) is 15.0 Å². The highest BCUT2D eigenvalue weighted by molar-refractivity contribution is 5.90. The molecular formula is C32H31N3. The Hall–Kier alpha value is -3.72. The van der Waals surface area contributed by atoms with E-state index in [1.165, 1.54) is 93.6 Å². The molecule has 0 radical (unpaired) electrons. The summed E-state index contributed by atoms with van der Waals surface area (Å²) in [6.45, 7) is 0. The van der Waals surface area contributed by atoms with E-state index in [2.05, 4.69) is 100 Å². The Labute approximate surface area is 205 Å². The average molecular weight is 458 g/mol. The van der Waals surface area contributed by atoms with Gasteiger partial charge in [0.05, 0.1) is 0 Å². The van der Waals surface area contributed by atoms with Gasteiger partial charge in [-0.15, -0.1) is 0 Å². The molecule has 0 bridgehead atoms. The molecule has 1 aliphatic carbocycles. The summed E-state index contributed by atoms with van der Waals surface area (Å²) < 4.78 is 0. The number of aromatic nitrogens is 3. The molecule has 0 spiro atoms. The van der Waals surface area contributed by atoms with Gasteiger partial charge in [-0.1, -0.05) is 80.3 Å². The Kier molecular flexibility index (Phi) is 5.01. The van der Waals surface area contributed by atoms with Gasteiger partial charge in [0, 0.05) is 62.6 Å². The topological polar surface area (TPSA) is 47.4 Å². The summed E-state index contributed by atoms with van der Waals surface area (Å²) in [6.07, 6.45) is 12.0. The summed E-state index contributed by atoms with van der Waals surface area (Å²) in [5.74, 6) is 0.711. The Morgan fingerprint density at radius 2 is 1.03 bits per heavy atom. The minimum Gasteiger partial charge on any atom is -0.361 e. The van der Waals surface area contributed by atoms with Crippen LogP contribution >= 0.6 is 0 Å². The van der Waals surface area contributed by atoms with Crippen molar-refractivity contribution in [2.75, 3.05) is 0 Å². The molecule has 35 heavy (non-hydrogen) atoms. The standard InChI is InChI=1S/C32H31N3/c1-2-4-14-24(27-20-34-29-17-9-6-12-22(27)29)32-31(25-15-7-10-18-30(25)35-32)23(13-3-1)26-19-33-28-16-8-5-11-21(26)28/h5-12,15-20,23-24,33-35H,1-4,13-14H2/t23-,24+/m1/s1. The van der Waals surface area contributed by atoms with Gasteiger partial charge in [0.1, 0.15) is 0 Å². The summed E-state index contributed by atoms with van der Waals surface area (Å²) in [5, 5.41) is 4.08. The lowest BCUT2D eigenvalue weighted by Crippen LogP contribution is -2.10. The van der Waals surface area contributed by atoms with E-state index < -0.39 is 0 Å².